The third-order valence-corrected chi connectivity index (χ3v) is 1.22. The van der Waals surface area contributed by atoms with E-state index in [2.05, 4.69) is 40.1 Å². The van der Waals surface area contributed by atoms with Gasteiger partial charge in [0.2, 0.25) is 0 Å². The molecule has 0 saturated carbocycles. The van der Waals surface area contributed by atoms with Gasteiger partial charge in [-0.05, 0) is 0 Å². The largest absolute Gasteiger partial charge is 0.480 e. The van der Waals surface area contributed by atoms with Gasteiger partial charge >= 0.3 is 41.8 Å². The van der Waals surface area contributed by atoms with E-state index in [1.165, 1.54) is 0 Å². The van der Waals surface area contributed by atoms with Crippen LogP contribution in [-0.2, 0) is 887 Å². The summed E-state index contributed by atoms with van der Waals surface area (Å²) < 4.78 is 0. The van der Waals surface area contributed by atoms with Gasteiger partial charge in [0.1, 0.15) is 0 Å². The molecule has 0 amide bonds. The molecule has 21 N–H and O–H groups in total. The zero-order chi connectivity index (χ0) is 30.0. The van der Waals surface area contributed by atoms with Crippen molar-refractivity contribution >= 4 is 41.8 Å². The molecule has 21 nitrogen and oxygen atoms in total. The fraction of sp³-hybridized carbons (Fsp3) is 0.500. The predicted octanol–water partition coefficient (Wildman–Crippen LogP) is -6.92. The van der Waals surface area contributed by atoms with E-state index in [0.29, 0.717) is 0 Å². The van der Waals surface area contributed by atoms with E-state index >= 15 is 0 Å². The Morgan fingerprint density at radius 1 is 0.129 bits per heavy atom. The molecular weight excluding hydrogens is 3670 g/mol. The van der Waals surface area contributed by atoms with Crippen LogP contribution in [0.4, 0.5) is 0 Å². The van der Waals surface area contributed by atoms with Crippen molar-refractivity contribution < 1.29 is 923 Å². The molecule has 0 spiro atoms. The summed E-state index contributed by atoms with van der Waals surface area (Å²) in [6, 6.07) is 0. The Morgan fingerprint density at radius 3 is 0.141 bits per heavy atom. The Hall–Kier alpha value is 22.0. The smallest absolute Gasteiger partial charge is 0.317 e. The van der Waals surface area contributed by atoms with Crippen molar-refractivity contribution in [3.63, 3.8) is 0 Å². The van der Waals surface area contributed by atoms with E-state index in [1.807, 2.05) is 0 Å². The second-order valence-corrected chi connectivity index (χ2v) is 4.19. The van der Waals surface area contributed by atoms with Gasteiger partial charge in [-0.25, -0.2) is 0 Å². The molecule has 0 aliphatic rings. The number of nitrogens with two attached hydrogens (primary N) is 7. The molecule has 0 atom stereocenters. The number of hydrogen-bond donors (Lipinski definition) is 14. The predicted molar refractivity (Wildman–Crippen MR) is 117 cm³/mol. The van der Waals surface area contributed by atoms with E-state index in [-0.39, 0.29) is 899 Å². The molecule has 0 aromatic rings. The molecule has 0 aromatic carbocycles. The molecule has 71 heteroatoms. The summed E-state index contributed by atoms with van der Waals surface area (Å²) >= 11 is 0. The molecule has 0 rings (SSSR count). The normalized spacial score (nSPS) is 3.05. The Morgan fingerprint density at radius 2 is 0.141 bits per heavy atom. The van der Waals surface area contributed by atoms with Crippen LogP contribution in [0, 0.1) is 0 Å². The van der Waals surface area contributed by atoms with Gasteiger partial charge < -0.3 is 75.9 Å². The summed E-state index contributed by atoms with van der Waals surface area (Å²) in [5, 5.41) is 53.2. The Balaban J connectivity index is -0.00000000178. The quantitative estimate of drug-likeness (QED) is 0.105. The van der Waals surface area contributed by atoms with E-state index in [4.69, 9.17) is 35.7 Å². The molecule has 0 heterocycles. The number of hydrogen-bond acceptors (Lipinski definition) is 14. The van der Waals surface area contributed by atoms with Crippen LogP contribution < -0.4 is 40.1 Å². The summed E-state index contributed by atoms with van der Waals surface area (Å²) in [7, 11) is 0. The van der Waals surface area contributed by atoms with Crippen LogP contribution in [0.1, 0.15) is 0 Å². The minimum absolute atomic E-state index is 0. The first-order chi connectivity index (χ1) is 15.9. The first-order valence-corrected chi connectivity index (χ1v) is 8.33. The van der Waals surface area contributed by atoms with E-state index < -0.39 is 41.8 Å². The molecule has 85 heavy (non-hydrogen) atoms. The second kappa shape index (κ2) is 468. The van der Waals surface area contributed by atoms with Gasteiger partial charge in [0.15, 0.2) is 0 Å². The zero-order valence-corrected chi connectivity index (χ0v) is 80.6. The standard InChI is InChI=1S/7C2H5NO2.50Cu/c7*3-1-2(4)5;;;;;;;;;;;;;;;;;;;;;;;;;;;;;;;;;;;;;;;;;;;;;;;;;;/h7*1,3H2,(H,4,5);;;;;;;;;;;;;;;;;;;;;;;;;;;;;;;;;;;;;;;;;;;;;;;;;;. The molecule has 0 aliphatic carbocycles. The number of carboxylic acid groups (broad SMARTS) is 7. The van der Waals surface area contributed by atoms with Crippen molar-refractivity contribution in [1.82, 2.24) is 0 Å². The zero-order valence-electron chi connectivity index (χ0n) is 33.6. The van der Waals surface area contributed by atoms with Crippen LogP contribution in [0.3, 0.4) is 0 Å². The summed E-state index contributed by atoms with van der Waals surface area (Å²) in [6.07, 6.45) is 0. The maximum atomic E-state index is 9.24. The summed E-state index contributed by atoms with van der Waals surface area (Å²) in [5.74, 6) is -6.77. The molecule has 0 aliphatic heterocycles. The van der Waals surface area contributed by atoms with Crippen LogP contribution >= 0.6 is 0 Å². The van der Waals surface area contributed by atoms with E-state index in [1.54, 1.807) is 0 Å². The van der Waals surface area contributed by atoms with Crippen LogP contribution in [0.15, 0.2) is 0 Å². The fourth-order valence-corrected chi connectivity index (χ4v) is 0. The van der Waals surface area contributed by atoms with Gasteiger partial charge in [-0.1, -0.05) is 0 Å². The monoisotopic (exact) mass is 3670 g/mol. The fourth-order valence-electron chi connectivity index (χ4n) is 0. The molecular formula is C14H35Cu50N7O14. The van der Waals surface area contributed by atoms with Gasteiger partial charge in [-0.3, -0.25) is 33.6 Å². The van der Waals surface area contributed by atoms with Gasteiger partial charge in [0.25, 0.3) is 0 Å². The minimum Gasteiger partial charge on any atom is -0.480 e. The average molecular weight is 3700 g/mol. The number of rotatable bonds is 7. The second-order valence-electron chi connectivity index (χ2n) is 4.19. The first-order valence-electron chi connectivity index (χ1n) is 8.33. The van der Waals surface area contributed by atoms with E-state index in [0.717, 1.165) is 0 Å². The molecule has 0 aromatic heterocycles. The minimum atomic E-state index is -0.968. The third kappa shape index (κ3) is 885. The summed E-state index contributed by atoms with van der Waals surface area (Å²) in [5.41, 5.74) is 32.0. The van der Waals surface area contributed by atoms with Crippen LogP contribution in [0.25, 0.3) is 0 Å². The third-order valence-electron chi connectivity index (χ3n) is 1.22. The molecule has 0 fully saturated rings. The van der Waals surface area contributed by atoms with Crippen LogP contribution in [0.5, 0.6) is 0 Å². The number of carbonyl (C=O) groups is 7. The summed E-state index contributed by atoms with van der Waals surface area (Å²) in [4.78, 5) is 64.7. The average Bonchev–Trinajstić information content (AvgIpc) is 2.80. The van der Waals surface area contributed by atoms with Crippen molar-refractivity contribution in [1.29, 1.82) is 0 Å². The van der Waals surface area contributed by atoms with Gasteiger partial charge in [-0.2, -0.15) is 0 Å². The molecule has 0 bridgehead atoms. The van der Waals surface area contributed by atoms with E-state index in [9.17, 15) is 33.6 Å². The summed E-state index contributed by atoms with van der Waals surface area (Å²) in [6.45, 7) is -1.94. The Kier molecular flexibility index (Phi) is 2650. The van der Waals surface area contributed by atoms with Gasteiger partial charge in [0, 0.05) is 853 Å². The number of carboxylic acids is 7. The SMILES string of the molecule is NCC(=O)O.NCC(=O)O.NCC(=O)O.NCC(=O)O.NCC(=O)O.NCC(=O)O.NCC(=O)O.[Cu].[Cu].[Cu].[Cu].[Cu].[Cu].[Cu].[Cu].[Cu].[Cu].[Cu].[Cu].[Cu].[Cu].[Cu].[Cu].[Cu].[Cu].[Cu].[Cu].[Cu].[Cu].[Cu].[Cu].[Cu].[Cu].[Cu].[Cu].[Cu].[Cu].[Cu].[Cu].[Cu].[Cu].[Cu].[Cu].[Cu].[Cu].[Cu].[Cu].[Cu].[Cu].[Cu].[Cu].[Cu].[Cu].[Cu].[Cu].[Cu].[Cu]. The van der Waals surface area contributed by atoms with Crippen molar-refractivity contribution in [2.75, 3.05) is 45.8 Å². The van der Waals surface area contributed by atoms with Crippen molar-refractivity contribution in [2.24, 2.45) is 40.1 Å². The Labute approximate surface area is 1030 Å². The first kappa shape index (κ1) is 481. The maximum absolute atomic E-state index is 9.24. The van der Waals surface area contributed by atoms with Gasteiger partial charge in [-0.15, -0.1) is 0 Å². The van der Waals surface area contributed by atoms with Crippen molar-refractivity contribution in [3.8, 4) is 0 Å². The van der Waals surface area contributed by atoms with Crippen LogP contribution in [-0.4, -0.2) is 123 Å². The van der Waals surface area contributed by atoms with Crippen LogP contribution in [0.2, 0.25) is 0 Å². The number of aliphatic carboxylic acids is 7. The molecule has 0 saturated heterocycles. The Bertz CT molecular complexity index is 521. The maximum Gasteiger partial charge on any atom is 0.317 e. The van der Waals surface area contributed by atoms with Crippen molar-refractivity contribution in [3.05, 3.63) is 0 Å². The molecule has 760 valence electrons. The molecule has 50 radical (unpaired) electrons. The topological polar surface area (TPSA) is 443 Å². The van der Waals surface area contributed by atoms with Gasteiger partial charge in [0.05, 0.1) is 45.8 Å². The van der Waals surface area contributed by atoms with Crippen molar-refractivity contribution in [2.45, 2.75) is 0 Å². The molecule has 0 unspecified atom stereocenters.